The molecule has 38 heavy (non-hydrogen) atoms. The van der Waals surface area contributed by atoms with Crippen molar-refractivity contribution in [2.24, 2.45) is 22.6 Å². The smallest absolute Gasteiger partial charge is 0.223 e. The minimum atomic E-state index is 0.0255. The Hall–Kier alpha value is -2.67. The number of hydrogen-bond acceptors (Lipinski definition) is 5. The van der Waals surface area contributed by atoms with E-state index in [0.29, 0.717) is 12.5 Å². The number of piperidine rings is 2. The number of carbonyl (C=O) groups is 1. The van der Waals surface area contributed by atoms with Gasteiger partial charge in [0.05, 0.1) is 11.7 Å². The fourth-order valence-electron chi connectivity index (χ4n) is 6.08. The molecule has 0 radical (unpaired) electrons. The minimum absolute atomic E-state index is 0.0255. The van der Waals surface area contributed by atoms with Gasteiger partial charge in [0.2, 0.25) is 18.1 Å². The predicted octanol–water partition coefficient (Wildman–Crippen LogP) is 4.02. The average Bonchev–Trinajstić information content (AvgIpc) is 3.08. The van der Waals surface area contributed by atoms with Crippen LogP contribution in [0.15, 0.2) is 39.9 Å². The van der Waals surface area contributed by atoms with Gasteiger partial charge in [-0.1, -0.05) is 17.7 Å². The summed E-state index contributed by atoms with van der Waals surface area (Å²) in [4.78, 5) is 26.0. The van der Waals surface area contributed by atoms with E-state index in [1.165, 1.54) is 16.7 Å². The number of likely N-dealkylation sites (tertiary alicyclic amines) is 2. The Kier molecular flexibility index (Phi) is 8.51. The van der Waals surface area contributed by atoms with E-state index in [1.54, 1.807) is 6.19 Å². The number of pyridine rings is 1. The number of rotatable bonds is 4. The standard InChI is InChI=1S/C28H33BrClN7O/c29-22-13-21-2-1-20-14-23(30)3-4-24(20)26(25(21)33-16-22)36-11-7-19(8-12-36)27(38)34-15-18-5-9-37(10-6-18)28(32)35-17-31/h3-4,13-14,16,18-19,26H,1-2,5-12,15H2,(H2,32,35)(H,34,38). The van der Waals surface area contributed by atoms with Crippen LogP contribution >= 0.6 is 27.5 Å². The van der Waals surface area contributed by atoms with Crippen molar-refractivity contribution >= 4 is 39.4 Å². The Bertz CT molecular complexity index is 1190. The molecule has 2 fully saturated rings. The first-order valence-electron chi connectivity index (χ1n) is 13.3. The molecule has 2 aromatic rings. The number of aromatic nitrogens is 1. The summed E-state index contributed by atoms with van der Waals surface area (Å²) in [6, 6.07) is 8.50. The summed E-state index contributed by atoms with van der Waals surface area (Å²) in [5.41, 5.74) is 10.8. The van der Waals surface area contributed by atoms with Gasteiger partial charge in [-0.05, 0) is 108 Å². The van der Waals surface area contributed by atoms with E-state index in [-0.39, 0.29) is 23.8 Å². The quantitative estimate of drug-likeness (QED) is 0.313. The number of amides is 1. The average molecular weight is 599 g/mol. The highest BCUT2D eigenvalue weighted by Gasteiger charge is 2.34. The Balaban J connectivity index is 1.20. The number of aliphatic imine (C=N–C) groups is 1. The Labute approximate surface area is 237 Å². The first kappa shape index (κ1) is 26.9. The van der Waals surface area contributed by atoms with Crippen molar-refractivity contribution in [2.75, 3.05) is 32.7 Å². The van der Waals surface area contributed by atoms with Crippen LogP contribution in [-0.4, -0.2) is 59.4 Å². The van der Waals surface area contributed by atoms with Crippen LogP contribution in [0.25, 0.3) is 0 Å². The third kappa shape index (κ3) is 5.98. The summed E-state index contributed by atoms with van der Waals surface area (Å²) in [6.07, 6.45) is 9.01. The number of nitriles is 1. The van der Waals surface area contributed by atoms with Crippen LogP contribution in [0, 0.1) is 23.3 Å². The van der Waals surface area contributed by atoms with Gasteiger partial charge in [-0.25, -0.2) is 0 Å². The maximum atomic E-state index is 13.1. The van der Waals surface area contributed by atoms with E-state index in [9.17, 15) is 4.79 Å². The normalized spacial score (nSPS) is 21.2. The lowest BCUT2D eigenvalue weighted by molar-refractivity contribution is -0.126. The monoisotopic (exact) mass is 597 g/mol. The van der Waals surface area contributed by atoms with Crippen molar-refractivity contribution in [1.82, 2.24) is 20.1 Å². The zero-order valence-corrected chi connectivity index (χ0v) is 23.7. The van der Waals surface area contributed by atoms with Crippen molar-refractivity contribution in [3.05, 3.63) is 62.3 Å². The fourth-order valence-corrected chi connectivity index (χ4v) is 6.65. The van der Waals surface area contributed by atoms with Gasteiger partial charge in [0.15, 0.2) is 0 Å². The molecule has 2 aliphatic heterocycles. The number of halogens is 2. The van der Waals surface area contributed by atoms with Crippen LogP contribution in [0.5, 0.6) is 0 Å². The van der Waals surface area contributed by atoms with Gasteiger partial charge in [0.1, 0.15) is 0 Å². The molecule has 1 amide bonds. The topological polar surface area (TPSA) is 111 Å². The molecular weight excluding hydrogens is 566 g/mol. The summed E-state index contributed by atoms with van der Waals surface area (Å²) in [6.45, 7) is 3.90. The van der Waals surface area contributed by atoms with E-state index in [1.807, 2.05) is 17.2 Å². The second-order valence-electron chi connectivity index (χ2n) is 10.5. The van der Waals surface area contributed by atoms with Gasteiger partial charge >= 0.3 is 0 Å². The minimum Gasteiger partial charge on any atom is -0.369 e. The Morgan fingerprint density at radius 2 is 1.89 bits per heavy atom. The van der Waals surface area contributed by atoms with Crippen molar-refractivity contribution in [3.8, 4) is 6.19 Å². The highest BCUT2D eigenvalue weighted by atomic mass is 79.9. The molecule has 2 saturated heterocycles. The van der Waals surface area contributed by atoms with E-state index in [0.717, 1.165) is 79.9 Å². The van der Waals surface area contributed by atoms with Crippen LogP contribution in [0.2, 0.25) is 5.02 Å². The second kappa shape index (κ2) is 12.0. The molecule has 1 aromatic carbocycles. The number of carbonyl (C=O) groups excluding carboxylic acids is 1. The van der Waals surface area contributed by atoms with Crippen molar-refractivity contribution in [2.45, 2.75) is 44.6 Å². The number of hydrogen-bond donors (Lipinski definition) is 2. The number of nitrogens with zero attached hydrogens (tertiary/aromatic N) is 5. The molecule has 3 N–H and O–H groups in total. The molecule has 3 aliphatic rings. The molecule has 10 heteroatoms. The lowest BCUT2D eigenvalue weighted by atomic mass is 9.90. The molecule has 3 heterocycles. The molecule has 8 nitrogen and oxygen atoms in total. The van der Waals surface area contributed by atoms with Crippen LogP contribution in [0.3, 0.4) is 0 Å². The van der Waals surface area contributed by atoms with Gasteiger partial charge in [-0.2, -0.15) is 5.26 Å². The van der Waals surface area contributed by atoms with E-state index >= 15 is 0 Å². The summed E-state index contributed by atoms with van der Waals surface area (Å²) in [5.74, 6) is 0.888. The highest BCUT2D eigenvalue weighted by molar-refractivity contribution is 9.10. The number of guanidine groups is 1. The molecule has 0 saturated carbocycles. The number of aryl methyl sites for hydroxylation is 2. The molecule has 1 aromatic heterocycles. The molecule has 1 aliphatic carbocycles. The molecule has 0 bridgehead atoms. The van der Waals surface area contributed by atoms with Gasteiger partial charge in [0, 0.05) is 41.2 Å². The van der Waals surface area contributed by atoms with Crippen molar-refractivity contribution in [3.63, 3.8) is 0 Å². The lowest BCUT2D eigenvalue weighted by Gasteiger charge is -2.38. The van der Waals surface area contributed by atoms with Crippen molar-refractivity contribution < 1.29 is 4.79 Å². The van der Waals surface area contributed by atoms with Crippen LogP contribution in [0.1, 0.15) is 54.1 Å². The summed E-state index contributed by atoms with van der Waals surface area (Å²) in [5, 5.41) is 12.7. The van der Waals surface area contributed by atoms with Gasteiger partial charge < -0.3 is 16.0 Å². The lowest BCUT2D eigenvalue weighted by Crippen LogP contribution is -2.46. The van der Waals surface area contributed by atoms with Crippen LogP contribution < -0.4 is 11.1 Å². The van der Waals surface area contributed by atoms with Gasteiger partial charge in [-0.3, -0.25) is 14.7 Å². The molecule has 1 atom stereocenters. The predicted molar refractivity (Wildman–Crippen MR) is 151 cm³/mol. The molecule has 1 unspecified atom stereocenters. The van der Waals surface area contributed by atoms with Crippen LogP contribution in [-0.2, 0) is 17.6 Å². The first-order valence-corrected chi connectivity index (χ1v) is 14.5. The largest absolute Gasteiger partial charge is 0.369 e. The zero-order chi connectivity index (χ0) is 26.6. The van der Waals surface area contributed by atoms with E-state index in [2.05, 4.69) is 49.3 Å². The molecular formula is C28H33BrClN7O. The first-order chi connectivity index (χ1) is 18.4. The van der Waals surface area contributed by atoms with Gasteiger partial charge in [-0.15, -0.1) is 4.99 Å². The number of nitrogens with two attached hydrogens (primary N) is 1. The SMILES string of the molecule is N#CN=C(N)N1CCC(CNC(=O)C2CCN(C3c4ccc(Cl)cc4CCc4cc(Br)cnc43)CC2)CC1. The summed E-state index contributed by atoms with van der Waals surface area (Å²) < 4.78 is 0.999. The number of nitrogens with one attached hydrogen (secondary N) is 1. The second-order valence-corrected chi connectivity index (χ2v) is 11.9. The molecule has 5 rings (SSSR count). The summed E-state index contributed by atoms with van der Waals surface area (Å²) >= 11 is 9.96. The number of benzene rings is 1. The maximum absolute atomic E-state index is 13.1. The molecule has 0 spiro atoms. The van der Waals surface area contributed by atoms with Crippen molar-refractivity contribution in [1.29, 1.82) is 5.26 Å². The zero-order valence-electron chi connectivity index (χ0n) is 21.4. The van der Waals surface area contributed by atoms with Crippen LogP contribution in [0.4, 0.5) is 0 Å². The Morgan fingerprint density at radius 1 is 1.16 bits per heavy atom. The summed E-state index contributed by atoms with van der Waals surface area (Å²) in [7, 11) is 0. The highest BCUT2D eigenvalue weighted by Crippen LogP contribution is 2.39. The third-order valence-electron chi connectivity index (χ3n) is 8.22. The van der Waals surface area contributed by atoms with Gasteiger partial charge in [0.25, 0.3) is 0 Å². The van der Waals surface area contributed by atoms with E-state index in [4.69, 9.17) is 27.6 Å². The fraction of sp³-hybridized carbons (Fsp3) is 0.500. The third-order valence-corrected chi connectivity index (χ3v) is 8.89. The maximum Gasteiger partial charge on any atom is 0.223 e. The number of fused-ring (bicyclic) bond motifs is 2. The Morgan fingerprint density at radius 3 is 2.63 bits per heavy atom. The van der Waals surface area contributed by atoms with E-state index < -0.39 is 0 Å². The molecule has 200 valence electrons.